The van der Waals surface area contributed by atoms with E-state index in [1.807, 2.05) is 43.0 Å². The number of likely N-dealkylation sites (N-methyl/N-ethyl adjacent to an activating group) is 1. The largest absolute Gasteiger partial charge is 0.367 e. The summed E-state index contributed by atoms with van der Waals surface area (Å²) < 4.78 is 0. The van der Waals surface area contributed by atoms with E-state index < -0.39 is 6.04 Å². The lowest BCUT2D eigenvalue weighted by Crippen LogP contribution is -2.54. The number of halogens is 1. The van der Waals surface area contributed by atoms with E-state index in [2.05, 4.69) is 49.7 Å². The monoisotopic (exact) mass is 716 g/mol. The molecule has 10 nitrogen and oxygen atoms in total. The molecule has 1 aromatic carbocycles. The van der Waals surface area contributed by atoms with E-state index in [0.717, 1.165) is 24.1 Å². The summed E-state index contributed by atoms with van der Waals surface area (Å²) in [6.45, 7) is 22.4. The van der Waals surface area contributed by atoms with Gasteiger partial charge < -0.3 is 29.8 Å². The first kappa shape index (κ1) is 43.1. The number of carbonyl (C=O) groups excluding carboxylic acids is 4. The van der Waals surface area contributed by atoms with Crippen LogP contribution in [0.5, 0.6) is 0 Å². The van der Waals surface area contributed by atoms with Gasteiger partial charge in [-0.1, -0.05) is 70.8 Å². The number of nitrogens with zero attached hydrogens (tertiary/aromatic N) is 5. The maximum absolute atomic E-state index is 13.5. The van der Waals surface area contributed by atoms with Crippen LogP contribution in [0.25, 0.3) is 0 Å². The van der Waals surface area contributed by atoms with Crippen LogP contribution in [0.2, 0.25) is 5.02 Å². The number of carbonyl (C=O) groups is 4. The summed E-state index contributed by atoms with van der Waals surface area (Å²) in [7, 11) is 1.66. The lowest BCUT2D eigenvalue weighted by atomic mass is 9.99. The second-order valence-corrected chi connectivity index (χ2v) is 15.3. The molecule has 0 radical (unpaired) electrons. The molecular formula is C39H65ClN6O4. The van der Waals surface area contributed by atoms with Gasteiger partial charge in [-0.2, -0.15) is 0 Å². The van der Waals surface area contributed by atoms with Crippen molar-refractivity contribution < 1.29 is 19.2 Å². The molecule has 0 aromatic heterocycles. The highest BCUT2D eigenvalue weighted by Gasteiger charge is 2.38. The average Bonchev–Trinajstić information content (AvgIpc) is 3.59. The molecule has 0 spiro atoms. The van der Waals surface area contributed by atoms with E-state index in [1.165, 1.54) is 32.4 Å². The van der Waals surface area contributed by atoms with Crippen LogP contribution >= 0.6 is 11.6 Å². The number of anilines is 1. The molecule has 1 aromatic rings. The third kappa shape index (κ3) is 13.5. The van der Waals surface area contributed by atoms with Crippen molar-refractivity contribution in [2.75, 3.05) is 64.3 Å². The Balaban J connectivity index is 0.000000558. The predicted molar refractivity (Wildman–Crippen MR) is 205 cm³/mol. The molecule has 11 heteroatoms. The van der Waals surface area contributed by atoms with Crippen molar-refractivity contribution in [3.05, 3.63) is 40.9 Å². The van der Waals surface area contributed by atoms with Crippen molar-refractivity contribution in [1.82, 2.24) is 24.9 Å². The Morgan fingerprint density at radius 1 is 0.900 bits per heavy atom. The number of hydrogen-bond donors (Lipinski definition) is 1. The van der Waals surface area contributed by atoms with Crippen molar-refractivity contribution in [2.45, 2.75) is 106 Å². The molecule has 282 valence electrons. The number of hydrogen-bond acceptors (Lipinski definition) is 6. The number of likely N-dealkylation sites (tertiary alicyclic amines) is 2. The number of rotatable bonds is 10. The maximum atomic E-state index is 13.5. The minimum Gasteiger partial charge on any atom is -0.367 e. The number of piperazine rings is 1. The van der Waals surface area contributed by atoms with Gasteiger partial charge in [-0.25, -0.2) is 0 Å². The number of nitrogens with one attached hydrogen (secondary N) is 1. The minimum atomic E-state index is -0.476. The zero-order valence-electron chi connectivity index (χ0n) is 32.3. The van der Waals surface area contributed by atoms with E-state index in [-0.39, 0.29) is 36.2 Å². The van der Waals surface area contributed by atoms with Gasteiger partial charge in [0.15, 0.2) is 0 Å². The molecule has 0 saturated carbocycles. The van der Waals surface area contributed by atoms with Crippen LogP contribution in [0, 0.1) is 11.8 Å². The maximum Gasteiger partial charge on any atom is 0.249 e. The molecule has 1 N–H and O–H groups in total. The van der Waals surface area contributed by atoms with Crippen LogP contribution < -0.4 is 10.2 Å². The number of para-hydroxylation sites is 1. The van der Waals surface area contributed by atoms with Crippen molar-refractivity contribution >= 4 is 41.4 Å². The highest BCUT2D eigenvalue weighted by molar-refractivity contribution is 6.33. The number of benzene rings is 1. The minimum absolute atomic E-state index is 0.00917. The Hall–Kier alpha value is -3.11. The Labute approximate surface area is 307 Å². The molecule has 0 bridgehead atoms. The third-order valence-electron chi connectivity index (χ3n) is 9.32. The first-order valence-electron chi connectivity index (χ1n) is 18.6. The first-order valence-corrected chi connectivity index (χ1v) is 19.0. The fraction of sp³-hybridized carbons (Fsp3) is 0.692. The first-order chi connectivity index (χ1) is 23.7. The van der Waals surface area contributed by atoms with Crippen LogP contribution in [0.1, 0.15) is 87.5 Å². The summed E-state index contributed by atoms with van der Waals surface area (Å²) in [5.41, 5.74) is 1.48. The van der Waals surface area contributed by atoms with Crippen LogP contribution in [-0.4, -0.2) is 121 Å². The van der Waals surface area contributed by atoms with Gasteiger partial charge in [0.1, 0.15) is 6.04 Å². The zero-order valence-corrected chi connectivity index (χ0v) is 33.0. The topological polar surface area (TPSA) is 96.5 Å². The van der Waals surface area contributed by atoms with Gasteiger partial charge in [-0.3, -0.25) is 19.2 Å². The van der Waals surface area contributed by atoms with Crippen molar-refractivity contribution in [1.29, 1.82) is 0 Å². The fourth-order valence-electron chi connectivity index (χ4n) is 6.51. The summed E-state index contributed by atoms with van der Waals surface area (Å²) in [6.07, 6.45) is 7.99. The molecule has 3 aliphatic heterocycles. The smallest absolute Gasteiger partial charge is 0.249 e. The number of amides is 4. The van der Waals surface area contributed by atoms with E-state index in [1.54, 1.807) is 29.8 Å². The van der Waals surface area contributed by atoms with Gasteiger partial charge in [0.05, 0.1) is 23.3 Å². The van der Waals surface area contributed by atoms with Gasteiger partial charge in [0.2, 0.25) is 24.1 Å². The van der Waals surface area contributed by atoms with Gasteiger partial charge in [-0.15, -0.1) is 0 Å². The highest BCUT2D eigenvalue weighted by Crippen LogP contribution is 2.28. The molecule has 0 unspecified atom stereocenters. The van der Waals surface area contributed by atoms with E-state index >= 15 is 0 Å². The third-order valence-corrected chi connectivity index (χ3v) is 9.64. The molecule has 3 saturated heterocycles. The number of piperidine rings is 1. The normalized spacial score (nSPS) is 19.0. The summed E-state index contributed by atoms with van der Waals surface area (Å²) >= 11 is 6.35. The molecule has 4 amide bonds. The molecule has 0 aliphatic carbocycles. The molecule has 2 atom stereocenters. The van der Waals surface area contributed by atoms with Crippen LogP contribution in [-0.2, 0) is 19.2 Å². The summed E-state index contributed by atoms with van der Waals surface area (Å²) in [4.78, 5) is 59.7. The molecule has 50 heavy (non-hydrogen) atoms. The molecular weight excluding hydrogens is 652 g/mol. The fourth-order valence-corrected chi connectivity index (χ4v) is 6.77. The zero-order chi connectivity index (χ0) is 37.4. The predicted octanol–water partition coefficient (Wildman–Crippen LogP) is 5.70. The van der Waals surface area contributed by atoms with Crippen molar-refractivity contribution in [2.24, 2.45) is 11.8 Å². The second-order valence-electron chi connectivity index (χ2n) is 14.9. The van der Waals surface area contributed by atoms with Crippen LogP contribution in [0.3, 0.4) is 0 Å². The van der Waals surface area contributed by atoms with Crippen LogP contribution in [0.15, 0.2) is 35.9 Å². The van der Waals surface area contributed by atoms with Crippen molar-refractivity contribution in [3.63, 3.8) is 0 Å². The Morgan fingerprint density at radius 3 is 2.02 bits per heavy atom. The Morgan fingerprint density at radius 2 is 1.50 bits per heavy atom. The standard InChI is InChI=1S/C27H38ClN5O4.C8H17N.C4H10/c1-19(2)24(30(4)25(35)17-29-18-34)16-20(3)26(36)33-11-7-10-23(33)27(37)32-14-12-31(13-15-32)22-9-6-5-8-21(22)28;1-8(2)9-6-4-3-5-7-9;1-4(2)3/h5-6,8-9,16,18-19,23-24H,7,10-15,17H2,1-4H3,(H,29,34);8H,3-7H2,1-2H3;4H,1-3H3/b20-16+;;/t23-,24+;;/m0../s1. The summed E-state index contributed by atoms with van der Waals surface area (Å²) in [5.74, 6) is 0.457. The van der Waals surface area contributed by atoms with Gasteiger partial charge in [0, 0.05) is 51.4 Å². The molecule has 4 rings (SSSR count). The van der Waals surface area contributed by atoms with Crippen molar-refractivity contribution in [3.8, 4) is 0 Å². The molecule has 3 aliphatic rings. The summed E-state index contributed by atoms with van der Waals surface area (Å²) in [6, 6.07) is 7.68. The van der Waals surface area contributed by atoms with Gasteiger partial charge >= 0.3 is 0 Å². The molecule has 3 fully saturated rings. The SMILES string of the molecule is C/C(=C\[C@H](C(C)C)N(C)C(=O)CNC=O)C(=O)N1CCC[C@H]1C(=O)N1CCN(c2ccccc2Cl)CC1.CC(C)C.CC(C)N1CCCCC1. The molecule has 3 heterocycles. The van der Waals surface area contributed by atoms with E-state index in [4.69, 9.17) is 11.6 Å². The Bertz CT molecular complexity index is 1240. The highest BCUT2D eigenvalue weighted by atomic mass is 35.5. The lowest BCUT2D eigenvalue weighted by molar-refractivity contribution is -0.142. The van der Waals surface area contributed by atoms with E-state index in [0.29, 0.717) is 56.2 Å². The van der Waals surface area contributed by atoms with Gasteiger partial charge in [-0.05, 0) is 83.5 Å². The lowest BCUT2D eigenvalue weighted by Gasteiger charge is -2.38. The van der Waals surface area contributed by atoms with Crippen LogP contribution in [0.4, 0.5) is 5.69 Å². The van der Waals surface area contributed by atoms with Gasteiger partial charge in [0.25, 0.3) is 0 Å². The average molecular weight is 717 g/mol. The Kier molecular flexibility index (Phi) is 18.9. The van der Waals surface area contributed by atoms with E-state index in [9.17, 15) is 19.2 Å². The quantitative estimate of drug-likeness (QED) is 0.247. The summed E-state index contributed by atoms with van der Waals surface area (Å²) in [5, 5.41) is 3.09. The second kappa shape index (κ2) is 22.0.